The van der Waals surface area contributed by atoms with Crippen LogP contribution in [0.5, 0.6) is 0 Å². The van der Waals surface area contributed by atoms with Crippen molar-refractivity contribution < 1.29 is 9.59 Å². The Labute approximate surface area is 213 Å². The summed E-state index contributed by atoms with van der Waals surface area (Å²) in [6.45, 7) is 17.4. The molecule has 0 aromatic heterocycles. The maximum Gasteiger partial charge on any atom is 0.178 e. The third-order valence-electron chi connectivity index (χ3n) is 11.7. The molecule has 4 fully saturated rings. The number of rotatable bonds is 0. The molecule has 5 aliphatic carbocycles. The minimum Gasteiger partial charge on any atom is -0.325 e. The molecule has 5 rings (SSSR count). The van der Waals surface area contributed by atoms with Gasteiger partial charge in [-0.15, -0.1) is 0 Å². The lowest BCUT2D eigenvalue weighted by Gasteiger charge is -2.67. The van der Waals surface area contributed by atoms with Crippen LogP contribution in [-0.2, 0) is 9.59 Å². The fourth-order valence-corrected chi connectivity index (χ4v) is 9.96. The highest BCUT2D eigenvalue weighted by atomic mass is 16.1. The van der Waals surface area contributed by atoms with Crippen LogP contribution in [0.25, 0.3) is 0 Å². The van der Waals surface area contributed by atoms with Gasteiger partial charge >= 0.3 is 0 Å². The number of hydrogen-bond donors (Lipinski definition) is 1. The average Bonchev–Trinajstić information content (AvgIpc) is 2.79. The van der Waals surface area contributed by atoms with Gasteiger partial charge in [0.05, 0.1) is 5.57 Å². The molecule has 0 saturated heterocycles. The van der Waals surface area contributed by atoms with E-state index in [0.29, 0.717) is 23.7 Å². The average molecular weight is 481 g/mol. The predicted octanol–water partition coefficient (Wildman–Crippen LogP) is 6.63. The lowest BCUT2D eigenvalue weighted by atomic mass is 9.36. The van der Waals surface area contributed by atoms with Crippen molar-refractivity contribution in [3.05, 3.63) is 11.6 Å². The summed E-state index contributed by atoms with van der Waals surface area (Å²) in [4.78, 5) is 27.1. The van der Waals surface area contributed by atoms with Crippen molar-refractivity contribution in [2.24, 2.45) is 57.0 Å². The quantitative estimate of drug-likeness (QED) is 0.421. The second kappa shape index (κ2) is 8.27. The number of hydrogen-bond acceptors (Lipinski definition) is 4. The Morgan fingerprint density at radius 3 is 2.20 bits per heavy atom. The lowest BCUT2D eigenvalue weighted by molar-refractivity contribution is -0.182. The van der Waals surface area contributed by atoms with Crippen LogP contribution < -0.4 is 5.73 Å². The molecule has 4 heteroatoms. The monoisotopic (exact) mass is 480 g/mol. The van der Waals surface area contributed by atoms with Crippen molar-refractivity contribution >= 4 is 11.6 Å². The molecule has 0 aliphatic heterocycles. The molecule has 2 N–H and O–H groups in total. The Kier molecular flexibility index (Phi) is 6.28. The predicted molar refractivity (Wildman–Crippen MR) is 140 cm³/mol. The van der Waals surface area contributed by atoms with Gasteiger partial charge in [-0.1, -0.05) is 61.5 Å². The molecule has 0 aromatic carbocycles. The molecular formula is C31H48N2O2. The van der Waals surface area contributed by atoms with Gasteiger partial charge in [0.15, 0.2) is 5.78 Å². The topological polar surface area (TPSA) is 83.9 Å². The number of nitrogens with two attached hydrogens (primary N) is 1. The van der Waals surface area contributed by atoms with Crippen LogP contribution in [0.15, 0.2) is 11.6 Å². The van der Waals surface area contributed by atoms with E-state index < -0.39 is 5.41 Å². The highest BCUT2D eigenvalue weighted by Gasteiger charge is 2.67. The molecule has 0 bridgehead atoms. The summed E-state index contributed by atoms with van der Waals surface area (Å²) in [7, 11) is 0. The number of ketones is 2. The van der Waals surface area contributed by atoms with E-state index in [-0.39, 0.29) is 51.2 Å². The molecule has 0 amide bonds. The zero-order valence-electron chi connectivity index (χ0n) is 23.5. The number of nitrogens with zero attached hydrogens (tertiary/aromatic N) is 1. The Morgan fingerprint density at radius 2 is 1.57 bits per heavy atom. The molecule has 0 aromatic rings. The summed E-state index contributed by atoms with van der Waals surface area (Å²) in [5.41, 5.74) is 6.57. The Hall–Kier alpha value is -1.47. The second-order valence-corrected chi connectivity index (χ2v) is 14.3. The van der Waals surface area contributed by atoms with Gasteiger partial charge in [0.25, 0.3) is 0 Å². The van der Waals surface area contributed by atoms with Crippen molar-refractivity contribution in [2.75, 3.05) is 0 Å². The number of allylic oxidation sites excluding steroid dienone is 2. The first kappa shape index (κ1) is 26.6. The third kappa shape index (κ3) is 3.62. The molecule has 8 atom stereocenters. The summed E-state index contributed by atoms with van der Waals surface area (Å²) < 4.78 is 0. The standard InChI is InChI=1S/C29H42N2O2.C2H6/c1-25(2)11-12-29(31)10-7-18-23(19(29)15-25)20(32)13-22-27(18,5)9-8-21-26(3,4)24(33)17(16-30)14-28(21,22)6;1-2/h14,18-19,21-23H,7-13,15,31H2,1-6H3;1-2H3. The summed E-state index contributed by atoms with van der Waals surface area (Å²) in [5, 5.41) is 9.78. The Morgan fingerprint density at radius 1 is 0.914 bits per heavy atom. The van der Waals surface area contributed by atoms with E-state index in [0.717, 1.165) is 44.9 Å². The maximum atomic E-state index is 14.0. The number of carbonyl (C=O) groups excluding carboxylic acids is 2. The van der Waals surface area contributed by atoms with Crippen molar-refractivity contribution in [1.82, 2.24) is 0 Å². The van der Waals surface area contributed by atoms with Crippen LogP contribution in [0.1, 0.15) is 107 Å². The van der Waals surface area contributed by atoms with Gasteiger partial charge in [0, 0.05) is 23.3 Å². The van der Waals surface area contributed by atoms with Crippen LogP contribution >= 0.6 is 0 Å². The molecule has 0 radical (unpaired) electrons. The van der Waals surface area contributed by atoms with E-state index in [2.05, 4.69) is 33.8 Å². The summed E-state index contributed by atoms with van der Waals surface area (Å²) in [6, 6.07) is 2.20. The van der Waals surface area contributed by atoms with Crippen molar-refractivity contribution in [3.63, 3.8) is 0 Å². The summed E-state index contributed by atoms with van der Waals surface area (Å²) >= 11 is 0. The zero-order chi connectivity index (χ0) is 26.2. The molecular weight excluding hydrogens is 432 g/mol. The first-order valence-electron chi connectivity index (χ1n) is 14.2. The van der Waals surface area contributed by atoms with Gasteiger partial charge in [-0.05, 0) is 84.9 Å². The largest absolute Gasteiger partial charge is 0.325 e. The molecule has 0 heterocycles. The third-order valence-corrected chi connectivity index (χ3v) is 11.7. The van der Waals surface area contributed by atoms with E-state index in [1.165, 1.54) is 0 Å². The van der Waals surface area contributed by atoms with Crippen molar-refractivity contribution in [1.29, 1.82) is 5.26 Å². The van der Waals surface area contributed by atoms with E-state index in [9.17, 15) is 14.9 Å². The smallest absolute Gasteiger partial charge is 0.178 e. The van der Waals surface area contributed by atoms with Gasteiger partial charge < -0.3 is 5.73 Å². The van der Waals surface area contributed by atoms with Crippen LogP contribution in [0.2, 0.25) is 0 Å². The Bertz CT molecular complexity index is 986. The SMILES string of the molecule is CC.CC1(C)CCC2(N)CCC3C(C(=O)CC4C5(C)C=C(C#N)C(=O)C(C)(C)C5CCC34C)C2C1. The van der Waals surface area contributed by atoms with Gasteiger partial charge in [-0.3, -0.25) is 9.59 Å². The lowest BCUT2D eigenvalue weighted by Crippen LogP contribution is -2.67. The summed E-state index contributed by atoms with van der Waals surface area (Å²) in [6.07, 6.45) is 9.89. The van der Waals surface area contributed by atoms with Gasteiger partial charge in [0.1, 0.15) is 11.9 Å². The number of fused-ring (bicyclic) bond motifs is 7. The number of Topliss-reactive ketones (excluding diaryl/α,β-unsaturated/α-hetero) is 2. The molecule has 4 nitrogen and oxygen atoms in total. The van der Waals surface area contributed by atoms with Crippen molar-refractivity contribution in [2.45, 2.75) is 112 Å². The number of carbonyl (C=O) groups is 2. The minimum absolute atomic E-state index is 0.0221. The summed E-state index contributed by atoms with van der Waals surface area (Å²) in [5.74, 6) is 1.44. The van der Waals surface area contributed by atoms with E-state index in [4.69, 9.17) is 5.73 Å². The molecule has 8 unspecified atom stereocenters. The molecule has 194 valence electrons. The molecule has 35 heavy (non-hydrogen) atoms. The van der Waals surface area contributed by atoms with Gasteiger partial charge in [-0.25, -0.2) is 0 Å². The Balaban J connectivity index is 0.00000141. The first-order chi connectivity index (χ1) is 16.2. The molecule has 4 saturated carbocycles. The highest BCUT2D eigenvalue weighted by molar-refractivity contribution is 6.04. The van der Waals surface area contributed by atoms with Crippen LogP contribution in [0.4, 0.5) is 0 Å². The molecule has 5 aliphatic rings. The zero-order valence-corrected chi connectivity index (χ0v) is 23.5. The normalized spacial score (nSPS) is 47.4. The van der Waals surface area contributed by atoms with Gasteiger partial charge in [-0.2, -0.15) is 5.26 Å². The second-order valence-electron chi connectivity index (χ2n) is 14.3. The van der Waals surface area contributed by atoms with Crippen LogP contribution in [0, 0.1) is 62.6 Å². The van der Waals surface area contributed by atoms with Gasteiger partial charge in [0.2, 0.25) is 0 Å². The first-order valence-corrected chi connectivity index (χ1v) is 14.2. The van der Waals surface area contributed by atoms with E-state index in [1.54, 1.807) is 0 Å². The maximum absolute atomic E-state index is 14.0. The highest BCUT2D eigenvalue weighted by Crippen LogP contribution is 2.70. The molecule has 0 spiro atoms. The van der Waals surface area contributed by atoms with E-state index in [1.807, 2.05) is 33.8 Å². The fraction of sp³-hybridized carbons (Fsp3) is 0.839. The number of nitriles is 1. The van der Waals surface area contributed by atoms with Crippen molar-refractivity contribution in [3.8, 4) is 6.07 Å². The minimum atomic E-state index is -0.567. The fourth-order valence-electron chi connectivity index (χ4n) is 9.96. The van der Waals surface area contributed by atoms with Crippen LogP contribution in [-0.4, -0.2) is 17.1 Å². The van der Waals surface area contributed by atoms with Crippen LogP contribution in [0.3, 0.4) is 0 Å². The van der Waals surface area contributed by atoms with E-state index >= 15 is 0 Å².